The van der Waals surface area contributed by atoms with E-state index in [0.29, 0.717) is 12.6 Å². The normalized spacial score (nSPS) is 21.9. The average Bonchev–Trinajstić information content (AvgIpc) is 2.46. The van der Waals surface area contributed by atoms with Crippen LogP contribution in [0.1, 0.15) is 18.9 Å². The van der Waals surface area contributed by atoms with Crippen molar-refractivity contribution in [3.05, 3.63) is 35.9 Å². The lowest BCUT2D eigenvalue weighted by molar-refractivity contribution is -0.132. The lowest BCUT2D eigenvalue weighted by Crippen LogP contribution is -2.39. The summed E-state index contributed by atoms with van der Waals surface area (Å²) in [5.74, 6) is 0.203. The minimum Gasteiger partial charge on any atom is -0.335 e. The number of carbonyl (C=O) groups is 1. The summed E-state index contributed by atoms with van der Waals surface area (Å²) in [6.45, 7) is 4.24. The summed E-state index contributed by atoms with van der Waals surface area (Å²) in [7, 11) is 0. The van der Waals surface area contributed by atoms with Gasteiger partial charge >= 0.3 is 0 Å². The highest BCUT2D eigenvalue weighted by molar-refractivity contribution is 5.78. The van der Waals surface area contributed by atoms with E-state index in [1.165, 1.54) is 5.56 Å². The molecule has 3 nitrogen and oxygen atoms in total. The molecule has 1 N–H and O–H groups in total. The molecule has 0 saturated carbocycles. The molecule has 86 valence electrons. The van der Waals surface area contributed by atoms with Crippen LogP contribution in [0.5, 0.6) is 0 Å². The van der Waals surface area contributed by atoms with Crippen molar-refractivity contribution in [2.24, 2.45) is 0 Å². The van der Waals surface area contributed by atoms with Gasteiger partial charge in [0.15, 0.2) is 0 Å². The summed E-state index contributed by atoms with van der Waals surface area (Å²) in [6.07, 6.45) is 1.03. The monoisotopic (exact) mass is 218 g/mol. The van der Waals surface area contributed by atoms with Crippen LogP contribution in [0.3, 0.4) is 0 Å². The maximum atomic E-state index is 11.9. The molecule has 1 unspecified atom stereocenters. The van der Waals surface area contributed by atoms with Crippen LogP contribution in [0.2, 0.25) is 0 Å². The van der Waals surface area contributed by atoms with E-state index in [4.69, 9.17) is 0 Å². The molecular weight excluding hydrogens is 200 g/mol. The average molecular weight is 218 g/mol. The Balaban J connectivity index is 2.09. The largest absolute Gasteiger partial charge is 0.335 e. The predicted molar refractivity (Wildman–Crippen MR) is 63.9 cm³/mol. The Morgan fingerprint density at radius 3 is 2.88 bits per heavy atom. The fourth-order valence-electron chi connectivity index (χ4n) is 2.03. The van der Waals surface area contributed by atoms with Crippen molar-refractivity contribution in [2.75, 3.05) is 13.1 Å². The van der Waals surface area contributed by atoms with Crippen LogP contribution < -0.4 is 5.32 Å². The van der Waals surface area contributed by atoms with E-state index in [1.54, 1.807) is 0 Å². The first-order chi connectivity index (χ1) is 7.77. The third-order valence-electron chi connectivity index (χ3n) is 3.06. The maximum absolute atomic E-state index is 11.9. The van der Waals surface area contributed by atoms with Gasteiger partial charge in [-0.05, 0) is 25.5 Å². The van der Waals surface area contributed by atoms with E-state index in [1.807, 2.05) is 23.1 Å². The van der Waals surface area contributed by atoms with Crippen LogP contribution in [-0.4, -0.2) is 29.9 Å². The molecule has 2 rings (SSSR count). The lowest BCUT2D eigenvalue weighted by Gasteiger charge is -2.27. The number of benzene rings is 1. The summed E-state index contributed by atoms with van der Waals surface area (Å²) < 4.78 is 0. The molecular formula is C13H18N2O. The van der Waals surface area contributed by atoms with Crippen LogP contribution in [0.15, 0.2) is 30.3 Å². The summed E-state index contributed by atoms with van der Waals surface area (Å²) in [5, 5.41) is 3.15. The molecule has 1 saturated heterocycles. The van der Waals surface area contributed by atoms with Gasteiger partial charge in [0.2, 0.25) is 5.91 Å². The van der Waals surface area contributed by atoms with Crippen molar-refractivity contribution in [1.82, 2.24) is 10.2 Å². The molecule has 1 amide bonds. The number of nitrogens with zero attached hydrogens (tertiary/aromatic N) is 1. The van der Waals surface area contributed by atoms with E-state index >= 15 is 0 Å². The molecule has 1 aliphatic rings. The second-order valence-corrected chi connectivity index (χ2v) is 4.32. The van der Waals surface area contributed by atoms with Gasteiger partial charge in [-0.2, -0.15) is 0 Å². The first-order valence-corrected chi connectivity index (χ1v) is 5.81. The van der Waals surface area contributed by atoms with E-state index in [-0.39, 0.29) is 5.91 Å². The zero-order chi connectivity index (χ0) is 11.4. The molecule has 0 spiro atoms. The molecule has 1 aromatic carbocycles. The zero-order valence-corrected chi connectivity index (χ0v) is 9.65. The molecule has 0 aliphatic carbocycles. The fourth-order valence-corrected chi connectivity index (χ4v) is 2.03. The van der Waals surface area contributed by atoms with Crippen LogP contribution in [0, 0.1) is 0 Å². The smallest absolute Gasteiger partial charge is 0.237 e. The molecule has 1 atom stereocenters. The summed E-state index contributed by atoms with van der Waals surface area (Å²) in [4.78, 5) is 13.9. The van der Waals surface area contributed by atoms with Crippen molar-refractivity contribution in [1.29, 1.82) is 0 Å². The van der Waals surface area contributed by atoms with E-state index in [0.717, 1.165) is 19.5 Å². The highest BCUT2D eigenvalue weighted by Gasteiger charge is 2.22. The van der Waals surface area contributed by atoms with Crippen molar-refractivity contribution < 1.29 is 4.79 Å². The molecule has 3 heteroatoms. The summed E-state index contributed by atoms with van der Waals surface area (Å²) in [5.41, 5.74) is 1.20. The van der Waals surface area contributed by atoms with Gasteiger partial charge in [0.1, 0.15) is 0 Å². The number of amides is 1. The van der Waals surface area contributed by atoms with Gasteiger partial charge < -0.3 is 10.2 Å². The Labute approximate surface area is 96.5 Å². The van der Waals surface area contributed by atoms with E-state index < -0.39 is 0 Å². The Hall–Kier alpha value is -1.35. The molecule has 0 aromatic heterocycles. The highest BCUT2D eigenvalue weighted by atomic mass is 16.2. The van der Waals surface area contributed by atoms with Crippen LogP contribution >= 0.6 is 0 Å². The number of carbonyl (C=O) groups excluding carboxylic acids is 1. The van der Waals surface area contributed by atoms with Crippen LogP contribution in [-0.2, 0) is 11.3 Å². The predicted octanol–water partition coefficient (Wildman–Crippen LogP) is 1.40. The van der Waals surface area contributed by atoms with Gasteiger partial charge in [0.25, 0.3) is 0 Å². The van der Waals surface area contributed by atoms with E-state index in [9.17, 15) is 4.79 Å². The van der Waals surface area contributed by atoms with Crippen molar-refractivity contribution >= 4 is 5.91 Å². The van der Waals surface area contributed by atoms with Crippen molar-refractivity contribution in [3.63, 3.8) is 0 Å². The standard InChI is InChI=1S/C13H18N2O/c1-11-7-8-14-9-13(16)15(11)10-12-5-3-2-4-6-12/h2-6,11,14H,7-10H2,1H3. The zero-order valence-electron chi connectivity index (χ0n) is 9.65. The Morgan fingerprint density at radius 1 is 1.38 bits per heavy atom. The number of nitrogens with one attached hydrogen (secondary N) is 1. The molecule has 1 heterocycles. The molecule has 1 aliphatic heterocycles. The summed E-state index contributed by atoms with van der Waals surface area (Å²) >= 11 is 0. The maximum Gasteiger partial charge on any atom is 0.237 e. The molecule has 0 radical (unpaired) electrons. The van der Waals surface area contributed by atoms with Gasteiger partial charge in [-0.15, -0.1) is 0 Å². The van der Waals surface area contributed by atoms with Crippen LogP contribution in [0.4, 0.5) is 0 Å². The Kier molecular flexibility index (Phi) is 3.57. The third-order valence-corrected chi connectivity index (χ3v) is 3.06. The molecule has 1 aromatic rings. The van der Waals surface area contributed by atoms with Gasteiger partial charge in [-0.25, -0.2) is 0 Å². The Bertz CT molecular complexity index is 350. The minimum absolute atomic E-state index is 0.203. The molecule has 0 bridgehead atoms. The topological polar surface area (TPSA) is 32.3 Å². The van der Waals surface area contributed by atoms with Crippen molar-refractivity contribution in [2.45, 2.75) is 25.9 Å². The fraction of sp³-hybridized carbons (Fsp3) is 0.462. The molecule has 1 fully saturated rings. The van der Waals surface area contributed by atoms with E-state index in [2.05, 4.69) is 24.4 Å². The highest BCUT2D eigenvalue weighted by Crippen LogP contribution is 2.12. The van der Waals surface area contributed by atoms with Gasteiger partial charge in [0.05, 0.1) is 6.54 Å². The summed E-state index contributed by atoms with van der Waals surface area (Å²) in [6, 6.07) is 10.5. The van der Waals surface area contributed by atoms with Gasteiger partial charge in [-0.3, -0.25) is 4.79 Å². The third kappa shape index (κ3) is 2.61. The van der Waals surface area contributed by atoms with Gasteiger partial charge in [0, 0.05) is 12.6 Å². The second kappa shape index (κ2) is 5.12. The number of hydrogen-bond acceptors (Lipinski definition) is 2. The Morgan fingerprint density at radius 2 is 2.12 bits per heavy atom. The first kappa shape index (κ1) is 11.1. The van der Waals surface area contributed by atoms with Gasteiger partial charge in [-0.1, -0.05) is 30.3 Å². The quantitative estimate of drug-likeness (QED) is 0.813. The molecule has 16 heavy (non-hydrogen) atoms. The first-order valence-electron chi connectivity index (χ1n) is 5.81. The lowest BCUT2D eigenvalue weighted by atomic mass is 10.1. The van der Waals surface area contributed by atoms with Crippen molar-refractivity contribution in [3.8, 4) is 0 Å². The number of rotatable bonds is 2. The minimum atomic E-state index is 0.203. The second-order valence-electron chi connectivity index (χ2n) is 4.32. The van der Waals surface area contributed by atoms with Crippen LogP contribution in [0.25, 0.3) is 0 Å². The SMILES string of the molecule is CC1CCNCC(=O)N1Cc1ccccc1. The number of hydrogen-bond donors (Lipinski definition) is 1.